The van der Waals surface area contributed by atoms with Gasteiger partial charge in [-0.15, -0.1) is 0 Å². The van der Waals surface area contributed by atoms with Crippen molar-refractivity contribution in [1.29, 1.82) is 0 Å². The molecule has 4 rings (SSSR count). The number of hydrogen-bond acceptors (Lipinski definition) is 3. The second kappa shape index (κ2) is 8.68. The van der Waals surface area contributed by atoms with Crippen LogP contribution in [0.25, 0.3) is 6.08 Å². The highest BCUT2D eigenvalue weighted by molar-refractivity contribution is 9.10. The zero-order valence-electron chi connectivity index (χ0n) is 15.2. The molecule has 3 aromatic carbocycles. The van der Waals surface area contributed by atoms with E-state index in [0.717, 1.165) is 25.6 Å². The summed E-state index contributed by atoms with van der Waals surface area (Å²) in [6.45, 7) is 0. The van der Waals surface area contributed by atoms with Crippen LogP contribution in [0.1, 0.15) is 16.7 Å². The Hall–Kier alpha value is -2.83. The van der Waals surface area contributed by atoms with Crippen LogP contribution >= 0.6 is 31.9 Å². The van der Waals surface area contributed by atoms with Gasteiger partial charge >= 0.3 is 0 Å². The number of amides is 1. The Morgan fingerprint density at radius 3 is 2.03 bits per heavy atom. The van der Waals surface area contributed by atoms with Gasteiger partial charge in [0.05, 0.1) is 6.21 Å². The predicted octanol–water partition coefficient (Wildman–Crippen LogP) is 5.88. The summed E-state index contributed by atoms with van der Waals surface area (Å²) in [6, 6.07) is 25.0. The maximum Gasteiger partial charge on any atom is 0.298 e. The smallest absolute Gasteiger partial charge is 0.265 e. The van der Waals surface area contributed by atoms with E-state index in [1.807, 2.05) is 78.9 Å². The number of halogens is 2. The van der Waals surface area contributed by atoms with Gasteiger partial charge in [-0.25, -0.2) is 4.99 Å². The lowest BCUT2D eigenvalue weighted by molar-refractivity contribution is -0.122. The van der Waals surface area contributed by atoms with Crippen LogP contribution in [-0.4, -0.2) is 23.0 Å². The Morgan fingerprint density at radius 1 is 0.793 bits per heavy atom. The summed E-state index contributed by atoms with van der Waals surface area (Å²) in [5.41, 5.74) is 2.90. The molecule has 0 atom stereocenters. The van der Waals surface area contributed by atoms with Crippen molar-refractivity contribution in [2.75, 3.05) is 0 Å². The van der Waals surface area contributed by atoms with Gasteiger partial charge in [-0.3, -0.25) is 4.79 Å². The first kappa shape index (κ1) is 19.5. The minimum atomic E-state index is -0.275. The van der Waals surface area contributed by atoms with Gasteiger partial charge in [0.1, 0.15) is 5.70 Å². The number of nitrogens with zero attached hydrogens (tertiary/aromatic N) is 3. The maximum absolute atomic E-state index is 13.1. The molecule has 0 radical (unpaired) electrons. The van der Waals surface area contributed by atoms with Gasteiger partial charge in [-0.1, -0.05) is 98.6 Å². The standard InChI is InChI=1S/C23H15Br2N3O/c24-19-12-6-4-10-17(19)14-21-23(29)28(22(27-21)16-8-2-1-3-9-16)26-15-18-11-5-7-13-20(18)25/h1-15H. The van der Waals surface area contributed by atoms with E-state index < -0.39 is 0 Å². The average molecular weight is 509 g/mol. The molecule has 0 N–H and O–H groups in total. The quantitative estimate of drug-likeness (QED) is 0.321. The minimum Gasteiger partial charge on any atom is -0.265 e. The van der Waals surface area contributed by atoms with E-state index in [0.29, 0.717) is 11.5 Å². The predicted molar refractivity (Wildman–Crippen MR) is 124 cm³/mol. The minimum absolute atomic E-state index is 0.275. The molecule has 142 valence electrons. The highest BCUT2D eigenvalue weighted by Gasteiger charge is 2.31. The van der Waals surface area contributed by atoms with E-state index in [9.17, 15) is 4.79 Å². The van der Waals surface area contributed by atoms with Crippen molar-refractivity contribution in [2.24, 2.45) is 10.1 Å². The maximum atomic E-state index is 13.1. The lowest BCUT2D eigenvalue weighted by Crippen LogP contribution is -2.27. The van der Waals surface area contributed by atoms with E-state index >= 15 is 0 Å². The summed E-state index contributed by atoms with van der Waals surface area (Å²) in [5, 5.41) is 5.80. The fraction of sp³-hybridized carbons (Fsp3) is 0. The topological polar surface area (TPSA) is 45.0 Å². The molecular weight excluding hydrogens is 494 g/mol. The van der Waals surface area contributed by atoms with Crippen molar-refractivity contribution in [3.05, 3.63) is 110 Å². The van der Waals surface area contributed by atoms with E-state index in [1.54, 1.807) is 12.3 Å². The van der Waals surface area contributed by atoms with Crippen molar-refractivity contribution in [1.82, 2.24) is 5.01 Å². The largest absolute Gasteiger partial charge is 0.298 e. The number of amidine groups is 1. The van der Waals surface area contributed by atoms with E-state index in [2.05, 4.69) is 42.0 Å². The summed E-state index contributed by atoms with van der Waals surface area (Å²) in [5.74, 6) is 0.222. The molecule has 0 aromatic heterocycles. The van der Waals surface area contributed by atoms with Crippen molar-refractivity contribution in [3.63, 3.8) is 0 Å². The Labute approximate surface area is 185 Å². The van der Waals surface area contributed by atoms with Crippen LogP contribution in [0.4, 0.5) is 0 Å². The number of rotatable bonds is 4. The van der Waals surface area contributed by atoms with E-state index in [-0.39, 0.29) is 5.91 Å². The molecule has 1 aliphatic heterocycles. The molecule has 1 heterocycles. The monoisotopic (exact) mass is 507 g/mol. The molecule has 0 bridgehead atoms. The van der Waals surface area contributed by atoms with Gasteiger partial charge in [-0.2, -0.15) is 10.1 Å². The molecule has 4 nitrogen and oxygen atoms in total. The van der Waals surface area contributed by atoms with Crippen molar-refractivity contribution >= 4 is 55.9 Å². The number of hydrazone groups is 1. The molecule has 1 amide bonds. The molecule has 1 aliphatic rings. The van der Waals surface area contributed by atoms with Crippen LogP contribution in [-0.2, 0) is 4.79 Å². The molecule has 3 aromatic rings. The summed E-state index contributed by atoms with van der Waals surface area (Å²) in [7, 11) is 0. The molecule has 6 heteroatoms. The zero-order valence-corrected chi connectivity index (χ0v) is 18.3. The first-order valence-corrected chi connectivity index (χ1v) is 10.5. The second-order valence-corrected chi connectivity index (χ2v) is 7.94. The Balaban J connectivity index is 1.76. The number of carbonyl (C=O) groups is 1. The lowest BCUT2D eigenvalue weighted by Gasteiger charge is -2.12. The van der Waals surface area contributed by atoms with Crippen molar-refractivity contribution in [2.45, 2.75) is 0 Å². The lowest BCUT2D eigenvalue weighted by atomic mass is 10.2. The second-order valence-electron chi connectivity index (χ2n) is 6.24. The van der Waals surface area contributed by atoms with Crippen LogP contribution < -0.4 is 0 Å². The Bertz CT molecular complexity index is 1150. The van der Waals surface area contributed by atoms with Crippen LogP contribution in [0.2, 0.25) is 0 Å². The van der Waals surface area contributed by atoms with E-state index in [1.165, 1.54) is 5.01 Å². The summed E-state index contributed by atoms with van der Waals surface area (Å²) < 4.78 is 1.80. The first-order chi connectivity index (χ1) is 14.1. The third-order valence-electron chi connectivity index (χ3n) is 4.29. The van der Waals surface area contributed by atoms with Gasteiger partial charge in [0, 0.05) is 20.1 Å². The molecular formula is C23H15Br2N3O. The van der Waals surface area contributed by atoms with Gasteiger partial charge in [0.15, 0.2) is 5.84 Å². The fourth-order valence-corrected chi connectivity index (χ4v) is 3.61. The molecule has 0 saturated carbocycles. The first-order valence-electron chi connectivity index (χ1n) is 8.87. The van der Waals surface area contributed by atoms with Crippen molar-refractivity contribution in [3.8, 4) is 0 Å². The molecule has 0 aliphatic carbocycles. The number of aliphatic imine (C=N–C) groups is 1. The number of carbonyl (C=O) groups excluding carboxylic acids is 1. The highest BCUT2D eigenvalue weighted by atomic mass is 79.9. The summed E-state index contributed by atoms with van der Waals surface area (Å²) in [6.07, 6.45) is 3.42. The van der Waals surface area contributed by atoms with Crippen LogP contribution in [0.5, 0.6) is 0 Å². The third kappa shape index (κ3) is 4.28. The van der Waals surface area contributed by atoms with Gasteiger partial charge in [0.25, 0.3) is 5.91 Å². The zero-order chi connectivity index (χ0) is 20.2. The molecule has 0 fully saturated rings. The van der Waals surface area contributed by atoms with Crippen LogP contribution in [0.15, 0.2) is 104 Å². The van der Waals surface area contributed by atoms with Crippen LogP contribution in [0.3, 0.4) is 0 Å². The normalized spacial score (nSPS) is 15.4. The Kier molecular flexibility index (Phi) is 5.83. The molecule has 29 heavy (non-hydrogen) atoms. The summed E-state index contributed by atoms with van der Waals surface area (Å²) in [4.78, 5) is 17.7. The molecule has 0 saturated heterocycles. The fourth-order valence-electron chi connectivity index (χ4n) is 2.83. The van der Waals surface area contributed by atoms with E-state index in [4.69, 9.17) is 0 Å². The highest BCUT2D eigenvalue weighted by Crippen LogP contribution is 2.25. The van der Waals surface area contributed by atoms with Gasteiger partial charge in [-0.05, 0) is 23.8 Å². The van der Waals surface area contributed by atoms with Gasteiger partial charge < -0.3 is 0 Å². The van der Waals surface area contributed by atoms with Crippen LogP contribution in [0, 0.1) is 0 Å². The Morgan fingerprint density at radius 2 is 1.38 bits per heavy atom. The number of hydrogen-bond donors (Lipinski definition) is 0. The average Bonchev–Trinajstić information content (AvgIpc) is 3.05. The third-order valence-corrected chi connectivity index (χ3v) is 5.73. The summed E-state index contributed by atoms with van der Waals surface area (Å²) >= 11 is 7.02. The van der Waals surface area contributed by atoms with Gasteiger partial charge in [0.2, 0.25) is 0 Å². The molecule has 0 unspecified atom stereocenters. The number of benzene rings is 3. The SMILES string of the molecule is O=C1C(=Cc2ccccc2Br)N=C(c2ccccc2)N1N=Cc1ccccc1Br. The molecule has 0 spiro atoms. The van der Waals surface area contributed by atoms with Crippen molar-refractivity contribution < 1.29 is 4.79 Å².